The number of phosphoric acid groups is 1. The number of phosphoric ester groups is 1. The lowest BCUT2D eigenvalue weighted by molar-refractivity contribution is -0.161. The summed E-state index contributed by atoms with van der Waals surface area (Å²) in [6, 6.07) is 0. The summed E-state index contributed by atoms with van der Waals surface area (Å²) in [5.74, 6) is -1.41. The topological polar surface area (TPSA) is 195 Å². The Morgan fingerprint density at radius 2 is 1.32 bits per heavy atom. The molecule has 0 heterocycles. The van der Waals surface area contributed by atoms with Gasteiger partial charge in [0.05, 0.1) is 31.5 Å². The van der Waals surface area contributed by atoms with Crippen LogP contribution in [0.4, 0.5) is 0 Å². The van der Waals surface area contributed by atoms with Crippen LogP contribution in [-0.2, 0) is 32.7 Å². The highest BCUT2D eigenvalue weighted by Crippen LogP contribution is 2.43. The van der Waals surface area contributed by atoms with Crippen LogP contribution >= 0.6 is 7.82 Å². The molecule has 1 saturated carbocycles. The highest BCUT2D eigenvalue weighted by Gasteiger charge is 2.39. The normalized spacial score (nSPS) is 20.8. The number of esters is 2. The van der Waals surface area contributed by atoms with Crippen molar-refractivity contribution in [3.05, 3.63) is 24.3 Å². The largest absolute Gasteiger partial charge is 0.472 e. The summed E-state index contributed by atoms with van der Waals surface area (Å²) >= 11 is 0. The molecule has 1 aliphatic carbocycles. The molecular weight excluding hydrogens is 737 g/mol. The number of nitrogens with two attached hydrogens (primary N) is 1. The third kappa shape index (κ3) is 27.9. The third-order valence-corrected chi connectivity index (χ3v) is 11.4. The number of hydrogen-bond acceptors (Lipinski definition) is 11. The molecular formula is C43H80NO11P. The molecule has 0 aromatic heterocycles. The molecule has 1 fully saturated rings. The van der Waals surface area contributed by atoms with E-state index in [4.69, 9.17) is 24.3 Å². The minimum absolute atomic E-state index is 0.0200. The van der Waals surface area contributed by atoms with Crippen molar-refractivity contribution in [3.63, 3.8) is 0 Å². The van der Waals surface area contributed by atoms with E-state index < -0.39 is 50.8 Å². The van der Waals surface area contributed by atoms with Gasteiger partial charge in [-0.15, -0.1) is 0 Å². The molecule has 0 radical (unpaired) electrons. The number of allylic oxidation sites excluding steroid dienone is 2. The van der Waals surface area contributed by atoms with Crippen molar-refractivity contribution in [2.45, 2.75) is 199 Å². The number of carbonyl (C=O) groups excluding carboxylic acids is 2. The van der Waals surface area contributed by atoms with Crippen molar-refractivity contribution in [3.8, 4) is 0 Å². The fraction of sp³-hybridized carbons (Fsp3) is 0.860. The van der Waals surface area contributed by atoms with Crippen LogP contribution < -0.4 is 5.73 Å². The van der Waals surface area contributed by atoms with Gasteiger partial charge in [0.1, 0.15) is 6.61 Å². The van der Waals surface area contributed by atoms with Crippen LogP contribution in [0.1, 0.15) is 174 Å². The first-order valence-electron chi connectivity index (χ1n) is 22.1. The van der Waals surface area contributed by atoms with Crippen LogP contribution in [0.2, 0.25) is 0 Å². The molecule has 6 N–H and O–H groups in total. The lowest BCUT2D eigenvalue weighted by Crippen LogP contribution is -2.29. The maximum atomic E-state index is 12.6. The predicted octanol–water partition coefficient (Wildman–Crippen LogP) is 8.77. The molecule has 328 valence electrons. The number of hydrogen-bond donors (Lipinski definition) is 5. The quantitative estimate of drug-likeness (QED) is 0.0173. The standard InChI is InChI=1S/C43H80NO11P/c1-3-5-7-8-9-10-11-12-13-14-15-16-17-18-24-28-43(49)55-37(35-54-56(50,51)53-32-31-44)34-52-42(48)27-23-20-19-22-26-38-39(41(47)33-40(38)46)30-29-36(45)25-21-6-4-2/h19,22,29-30,36-41,45-47H,3-18,20-21,23-28,31-35,44H2,1-2H3,(H,50,51)/b22-19+,30-29+/t36-,37+,38+,39+,40-,41+/m0/s1. The van der Waals surface area contributed by atoms with Gasteiger partial charge in [-0.2, -0.15) is 0 Å². The number of unbranched alkanes of at least 4 members (excludes halogenated alkanes) is 17. The Kier molecular flexibility index (Phi) is 32.0. The van der Waals surface area contributed by atoms with Crippen LogP contribution in [0.25, 0.3) is 0 Å². The van der Waals surface area contributed by atoms with E-state index in [0.717, 1.165) is 38.5 Å². The molecule has 13 heteroatoms. The highest BCUT2D eigenvalue weighted by molar-refractivity contribution is 7.47. The molecule has 1 aliphatic rings. The number of rotatable bonds is 37. The Morgan fingerprint density at radius 3 is 1.93 bits per heavy atom. The third-order valence-electron chi connectivity index (χ3n) is 10.4. The van der Waals surface area contributed by atoms with Crippen molar-refractivity contribution in [2.24, 2.45) is 17.6 Å². The predicted molar refractivity (Wildman–Crippen MR) is 222 cm³/mol. The average molecular weight is 818 g/mol. The van der Waals surface area contributed by atoms with Gasteiger partial charge in [0.2, 0.25) is 0 Å². The minimum Gasteiger partial charge on any atom is -0.462 e. The zero-order valence-corrected chi connectivity index (χ0v) is 35.8. The monoisotopic (exact) mass is 818 g/mol. The maximum absolute atomic E-state index is 12.6. The molecule has 56 heavy (non-hydrogen) atoms. The first kappa shape index (κ1) is 52.4. The van der Waals surface area contributed by atoms with E-state index in [-0.39, 0.29) is 44.4 Å². The lowest BCUT2D eigenvalue weighted by Gasteiger charge is -2.20. The summed E-state index contributed by atoms with van der Waals surface area (Å²) in [4.78, 5) is 35.0. The van der Waals surface area contributed by atoms with E-state index in [9.17, 15) is 34.4 Å². The summed E-state index contributed by atoms with van der Waals surface area (Å²) < 4.78 is 32.7. The van der Waals surface area contributed by atoms with Gasteiger partial charge in [-0.05, 0) is 38.0 Å². The molecule has 0 aromatic carbocycles. The second-order valence-corrected chi connectivity index (χ2v) is 17.0. The fourth-order valence-electron chi connectivity index (χ4n) is 7.04. The van der Waals surface area contributed by atoms with Gasteiger partial charge in [0, 0.05) is 31.7 Å². The molecule has 0 amide bonds. The van der Waals surface area contributed by atoms with Crippen molar-refractivity contribution in [1.29, 1.82) is 0 Å². The molecule has 0 aromatic rings. The summed E-state index contributed by atoms with van der Waals surface area (Å²) in [5, 5.41) is 31.3. The van der Waals surface area contributed by atoms with Gasteiger partial charge in [-0.25, -0.2) is 4.57 Å². The molecule has 1 rings (SSSR count). The van der Waals surface area contributed by atoms with Crippen LogP contribution in [-0.4, -0.2) is 82.9 Å². The molecule has 0 bridgehead atoms. The lowest BCUT2D eigenvalue weighted by atomic mass is 9.89. The Balaban J connectivity index is 2.40. The van der Waals surface area contributed by atoms with E-state index >= 15 is 0 Å². The van der Waals surface area contributed by atoms with E-state index in [1.165, 1.54) is 70.6 Å². The van der Waals surface area contributed by atoms with Gasteiger partial charge in [-0.1, -0.05) is 147 Å². The van der Waals surface area contributed by atoms with E-state index in [2.05, 4.69) is 13.8 Å². The van der Waals surface area contributed by atoms with Gasteiger partial charge in [0.25, 0.3) is 0 Å². The SMILES string of the molecule is CCCCCCCCCCCCCCCCCC(=O)O[C@H](COC(=O)CCC/C=C/C[C@@H]1[C@@H](/C=C/[C@@H](O)CCCCC)[C@H](O)C[C@@H]1O)COP(=O)(O)OCCN. The minimum atomic E-state index is -4.43. The van der Waals surface area contributed by atoms with E-state index in [1.807, 2.05) is 18.2 Å². The van der Waals surface area contributed by atoms with Crippen molar-refractivity contribution in [1.82, 2.24) is 0 Å². The smallest absolute Gasteiger partial charge is 0.462 e. The van der Waals surface area contributed by atoms with Crippen LogP contribution in [0.5, 0.6) is 0 Å². The number of aliphatic hydroxyl groups is 3. The van der Waals surface area contributed by atoms with Gasteiger partial charge in [0.15, 0.2) is 6.10 Å². The van der Waals surface area contributed by atoms with Crippen molar-refractivity contribution < 1.29 is 52.9 Å². The zero-order chi connectivity index (χ0) is 41.3. The molecule has 0 spiro atoms. The Labute approximate surface area is 339 Å². The Morgan fingerprint density at radius 1 is 0.750 bits per heavy atom. The van der Waals surface area contributed by atoms with Crippen molar-refractivity contribution >= 4 is 19.8 Å². The highest BCUT2D eigenvalue weighted by atomic mass is 31.2. The summed E-state index contributed by atoms with van der Waals surface area (Å²) in [7, 11) is -4.43. The second-order valence-electron chi connectivity index (χ2n) is 15.5. The molecule has 1 unspecified atom stereocenters. The molecule has 12 nitrogen and oxygen atoms in total. The van der Waals surface area contributed by atoms with Crippen LogP contribution in [0.3, 0.4) is 0 Å². The molecule has 7 atom stereocenters. The van der Waals surface area contributed by atoms with E-state index in [0.29, 0.717) is 38.5 Å². The second kappa shape index (κ2) is 34.3. The van der Waals surface area contributed by atoms with Crippen LogP contribution in [0, 0.1) is 11.8 Å². The van der Waals surface area contributed by atoms with E-state index in [1.54, 1.807) is 6.08 Å². The number of ether oxygens (including phenoxy) is 2. The summed E-state index contributed by atoms with van der Waals surface area (Å²) in [6.45, 7) is 3.36. The average Bonchev–Trinajstić information content (AvgIpc) is 3.44. The summed E-state index contributed by atoms with van der Waals surface area (Å²) in [5.41, 5.74) is 5.34. The number of carbonyl (C=O) groups is 2. The Hall–Kier alpha value is -1.63. The van der Waals surface area contributed by atoms with Gasteiger partial charge < -0.3 is 35.4 Å². The molecule has 0 saturated heterocycles. The molecule has 0 aliphatic heterocycles. The first-order chi connectivity index (χ1) is 27.0. The Bertz CT molecular complexity index is 1090. The zero-order valence-electron chi connectivity index (χ0n) is 35.0. The maximum Gasteiger partial charge on any atom is 0.472 e. The summed E-state index contributed by atoms with van der Waals surface area (Å²) in [6.07, 6.45) is 28.7. The first-order valence-corrected chi connectivity index (χ1v) is 23.6. The van der Waals surface area contributed by atoms with Gasteiger partial charge in [-0.3, -0.25) is 18.6 Å². The fourth-order valence-corrected chi connectivity index (χ4v) is 7.81. The van der Waals surface area contributed by atoms with Gasteiger partial charge >= 0.3 is 19.8 Å². The number of aliphatic hydroxyl groups excluding tert-OH is 3. The van der Waals surface area contributed by atoms with Crippen LogP contribution in [0.15, 0.2) is 24.3 Å². The van der Waals surface area contributed by atoms with Crippen molar-refractivity contribution in [2.75, 3.05) is 26.4 Å².